The molecule has 0 fully saturated rings. The molecule has 3 aromatic rings. The molecule has 5 nitrogen and oxygen atoms in total. The Labute approximate surface area is 157 Å². The van der Waals surface area contributed by atoms with Gasteiger partial charge in [-0.25, -0.2) is 4.79 Å². The largest absolute Gasteiger partial charge is 0.497 e. The number of carboxylic acids is 1. The summed E-state index contributed by atoms with van der Waals surface area (Å²) in [5.74, 6) is 1.47. The van der Waals surface area contributed by atoms with Gasteiger partial charge in [0.05, 0.1) is 7.11 Å². The molecule has 0 saturated carbocycles. The minimum atomic E-state index is -1.03. The SMILES string of the molecule is COc1cccc(O[C@H](Cc2ccc(Oc3ccccc3)cc2)C(=O)O)c1. The quantitative estimate of drug-likeness (QED) is 0.635. The van der Waals surface area contributed by atoms with Crippen LogP contribution in [0.25, 0.3) is 0 Å². The van der Waals surface area contributed by atoms with E-state index < -0.39 is 12.1 Å². The number of methoxy groups -OCH3 is 1. The summed E-state index contributed by atoms with van der Waals surface area (Å²) in [5, 5.41) is 9.49. The van der Waals surface area contributed by atoms with Crippen molar-refractivity contribution in [3.8, 4) is 23.0 Å². The molecule has 0 bridgehead atoms. The van der Waals surface area contributed by atoms with E-state index in [0.717, 1.165) is 11.3 Å². The van der Waals surface area contributed by atoms with Crippen LogP contribution in [0.2, 0.25) is 0 Å². The normalized spacial score (nSPS) is 11.4. The van der Waals surface area contributed by atoms with Gasteiger partial charge in [0.25, 0.3) is 0 Å². The third kappa shape index (κ3) is 5.25. The van der Waals surface area contributed by atoms with Gasteiger partial charge in [0.1, 0.15) is 23.0 Å². The number of para-hydroxylation sites is 1. The summed E-state index contributed by atoms with van der Waals surface area (Å²) in [7, 11) is 1.55. The highest BCUT2D eigenvalue weighted by Gasteiger charge is 2.20. The fraction of sp³-hybridized carbons (Fsp3) is 0.136. The van der Waals surface area contributed by atoms with Crippen LogP contribution in [0, 0.1) is 0 Å². The lowest BCUT2D eigenvalue weighted by atomic mass is 10.1. The zero-order valence-corrected chi connectivity index (χ0v) is 14.9. The van der Waals surface area contributed by atoms with Crippen LogP contribution in [-0.4, -0.2) is 24.3 Å². The van der Waals surface area contributed by atoms with E-state index in [-0.39, 0.29) is 6.42 Å². The average molecular weight is 364 g/mol. The predicted molar refractivity (Wildman–Crippen MR) is 102 cm³/mol. The second-order valence-electron chi connectivity index (χ2n) is 5.89. The maximum Gasteiger partial charge on any atom is 0.345 e. The molecule has 0 unspecified atom stereocenters. The van der Waals surface area contributed by atoms with Gasteiger partial charge >= 0.3 is 5.97 Å². The number of hydrogen-bond donors (Lipinski definition) is 1. The number of rotatable bonds is 8. The van der Waals surface area contributed by atoms with Crippen LogP contribution in [0.4, 0.5) is 0 Å². The molecule has 27 heavy (non-hydrogen) atoms. The number of carboxylic acid groups (broad SMARTS) is 1. The zero-order chi connectivity index (χ0) is 19.1. The lowest BCUT2D eigenvalue weighted by Crippen LogP contribution is -2.29. The molecular weight excluding hydrogens is 344 g/mol. The van der Waals surface area contributed by atoms with Gasteiger partial charge < -0.3 is 19.3 Å². The standard InChI is InChI=1S/C22H20O5/c1-25-19-8-5-9-20(15-19)27-21(22(23)24)14-16-10-12-18(13-11-16)26-17-6-3-2-4-7-17/h2-13,15,21H,14H2,1H3,(H,23,24)/t21-/m1/s1. The summed E-state index contributed by atoms with van der Waals surface area (Å²) >= 11 is 0. The molecule has 3 rings (SSSR count). The van der Waals surface area contributed by atoms with Gasteiger partial charge in [-0.3, -0.25) is 0 Å². The fourth-order valence-corrected chi connectivity index (χ4v) is 2.55. The predicted octanol–water partition coefficient (Wildman–Crippen LogP) is 4.56. The Morgan fingerprint density at radius 3 is 2.15 bits per heavy atom. The second kappa shape index (κ2) is 8.76. The summed E-state index contributed by atoms with van der Waals surface area (Å²) in [6.07, 6.45) is -0.768. The summed E-state index contributed by atoms with van der Waals surface area (Å²) in [6, 6.07) is 23.6. The smallest absolute Gasteiger partial charge is 0.345 e. The highest BCUT2D eigenvalue weighted by atomic mass is 16.5. The van der Waals surface area contributed by atoms with Crippen LogP contribution < -0.4 is 14.2 Å². The Kier molecular flexibility index (Phi) is 5.94. The minimum absolute atomic E-state index is 0.234. The van der Waals surface area contributed by atoms with Crippen molar-refractivity contribution in [1.82, 2.24) is 0 Å². The summed E-state index contributed by atoms with van der Waals surface area (Å²) in [5.41, 5.74) is 0.839. The van der Waals surface area contributed by atoms with E-state index in [1.807, 2.05) is 54.6 Å². The van der Waals surface area contributed by atoms with Crippen molar-refractivity contribution in [1.29, 1.82) is 0 Å². The van der Waals surface area contributed by atoms with Crippen LogP contribution in [0.1, 0.15) is 5.56 Å². The average Bonchev–Trinajstić information content (AvgIpc) is 2.70. The number of aliphatic carboxylic acids is 1. The maximum atomic E-state index is 11.6. The first kappa shape index (κ1) is 18.3. The highest BCUT2D eigenvalue weighted by Crippen LogP contribution is 2.23. The van der Waals surface area contributed by atoms with Crippen molar-refractivity contribution in [2.75, 3.05) is 7.11 Å². The van der Waals surface area contributed by atoms with Crippen molar-refractivity contribution in [2.45, 2.75) is 12.5 Å². The number of benzene rings is 3. The first-order valence-electron chi connectivity index (χ1n) is 8.49. The molecule has 1 N–H and O–H groups in total. The monoisotopic (exact) mass is 364 g/mol. The Balaban J connectivity index is 1.66. The molecule has 0 aliphatic carbocycles. The van der Waals surface area contributed by atoms with Gasteiger partial charge in [-0.1, -0.05) is 36.4 Å². The first-order chi connectivity index (χ1) is 13.1. The Morgan fingerprint density at radius 1 is 0.852 bits per heavy atom. The van der Waals surface area contributed by atoms with E-state index >= 15 is 0 Å². The van der Waals surface area contributed by atoms with Crippen LogP contribution in [0.15, 0.2) is 78.9 Å². The van der Waals surface area contributed by atoms with Crippen LogP contribution in [0.5, 0.6) is 23.0 Å². The molecule has 5 heteroatoms. The van der Waals surface area contributed by atoms with Gasteiger partial charge in [-0.05, 0) is 42.0 Å². The third-order valence-corrected chi connectivity index (χ3v) is 3.92. The Morgan fingerprint density at radius 2 is 1.48 bits per heavy atom. The second-order valence-corrected chi connectivity index (χ2v) is 5.89. The van der Waals surface area contributed by atoms with E-state index in [1.54, 1.807) is 31.4 Å². The topological polar surface area (TPSA) is 65.0 Å². The molecule has 0 radical (unpaired) electrons. The molecule has 0 aliphatic heterocycles. The van der Waals surface area contributed by atoms with Gasteiger partial charge in [0, 0.05) is 12.5 Å². The van der Waals surface area contributed by atoms with Crippen molar-refractivity contribution in [3.63, 3.8) is 0 Å². The molecule has 3 aromatic carbocycles. The molecule has 0 aliphatic rings. The molecule has 0 saturated heterocycles. The van der Waals surface area contributed by atoms with E-state index in [2.05, 4.69) is 0 Å². The Hall–Kier alpha value is -3.47. The third-order valence-electron chi connectivity index (χ3n) is 3.92. The van der Waals surface area contributed by atoms with Crippen molar-refractivity contribution in [3.05, 3.63) is 84.4 Å². The maximum absolute atomic E-state index is 11.6. The number of carbonyl (C=O) groups is 1. The van der Waals surface area contributed by atoms with Gasteiger partial charge in [-0.15, -0.1) is 0 Å². The van der Waals surface area contributed by atoms with E-state index in [4.69, 9.17) is 14.2 Å². The van der Waals surface area contributed by atoms with E-state index in [0.29, 0.717) is 17.2 Å². The van der Waals surface area contributed by atoms with Gasteiger partial charge in [0.2, 0.25) is 0 Å². The van der Waals surface area contributed by atoms with Crippen molar-refractivity contribution < 1.29 is 24.1 Å². The summed E-state index contributed by atoms with van der Waals surface area (Å²) in [4.78, 5) is 11.6. The molecule has 0 heterocycles. The van der Waals surface area contributed by atoms with Crippen molar-refractivity contribution >= 4 is 5.97 Å². The lowest BCUT2D eigenvalue weighted by Gasteiger charge is -2.16. The number of ether oxygens (including phenoxy) is 3. The molecule has 0 spiro atoms. The van der Waals surface area contributed by atoms with Gasteiger partial charge in [-0.2, -0.15) is 0 Å². The fourth-order valence-electron chi connectivity index (χ4n) is 2.55. The van der Waals surface area contributed by atoms with Crippen LogP contribution in [0.3, 0.4) is 0 Å². The van der Waals surface area contributed by atoms with Gasteiger partial charge in [0.15, 0.2) is 6.10 Å². The molecule has 0 amide bonds. The summed E-state index contributed by atoms with van der Waals surface area (Å²) < 4.78 is 16.5. The van der Waals surface area contributed by atoms with Crippen LogP contribution in [-0.2, 0) is 11.2 Å². The minimum Gasteiger partial charge on any atom is -0.497 e. The molecule has 138 valence electrons. The van der Waals surface area contributed by atoms with Crippen LogP contribution >= 0.6 is 0 Å². The van der Waals surface area contributed by atoms with Crippen molar-refractivity contribution in [2.24, 2.45) is 0 Å². The lowest BCUT2D eigenvalue weighted by molar-refractivity contribution is -0.145. The Bertz CT molecular complexity index is 875. The zero-order valence-electron chi connectivity index (χ0n) is 14.9. The van der Waals surface area contributed by atoms with E-state index in [1.165, 1.54) is 0 Å². The highest BCUT2D eigenvalue weighted by molar-refractivity contribution is 5.73. The number of hydrogen-bond acceptors (Lipinski definition) is 4. The summed E-state index contributed by atoms with van der Waals surface area (Å²) in [6.45, 7) is 0. The molecular formula is C22H20O5. The molecule has 1 atom stereocenters. The van der Waals surface area contributed by atoms with E-state index in [9.17, 15) is 9.90 Å². The first-order valence-corrected chi connectivity index (χ1v) is 8.49. The molecule has 0 aromatic heterocycles.